The summed E-state index contributed by atoms with van der Waals surface area (Å²) < 4.78 is 31.8. The normalized spacial score (nSPS) is 19.1. The van der Waals surface area contributed by atoms with Crippen LogP contribution in [0, 0.1) is 18.6 Å². The number of fused-ring (bicyclic) bond motifs is 1. The van der Waals surface area contributed by atoms with Crippen LogP contribution in [0.25, 0.3) is 0 Å². The van der Waals surface area contributed by atoms with Crippen molar-refractivity contribution in [2.45, 2.75) is 19.4 Å². The fourth-order valence-electron chi connectivity index (χ4n) is 2.31. The molecule has 7 heteroatoms. The zero-order chi connectivity index (χ0) is 17.5. The lowest BCUT2D eigenvalue weighted by Crippen LogP contribution is -2.56. The molecule has 0 aliphatic carbocycles. The minimum Gasteiger partial charge on any atom is -0.466 e. The highest BCUT2D eigenvalue weighted by molar-refractivity contribution is 6.19. The molecular weight excluding hydrogens is 318 g/mol. The fraction of sp³-hybridized carbons (Fsp3) is 0.176. The number of aryl methyl sites for hydroxylation is 1. The number of anilines is 2. The molecule has 0 radical (unpaired) electrons. The first-order chi connectivity index (χ1) is 11.3. The first-order valence-corrected chi connectivity index (χ1v) is 7.17. The molecule has 24 heavy (non-hydrogen) atoms. The maximum Gasteiger partial charge on any atom is 0.278 e. The van der Waals surface area contributed by atoms with Crippen LogP contribution >= 0.6 is 0 Å². The van der Waals surface area contributed by atoms with Gasteiger partial charge in [-0.2, -0.15) is 0 Å². The van der Waals surface area contributed by atoms with Gasteiger partial charge in [-0.1, -0.05) is 6.07 Å². The van der Waals surface area contributed by atoms with Crippen molar-refractivity contribution >= 4 is 23.2 Å². The van der Waals surface area contributed by atoms with Gasteiger partial charge < -0.3 is 15.4 Å². The smallest absolute Gasteiger partial charge is 0.278 e. The topological polar surface area (TPSA) is 67.4 Å². The summed E-state index contributed by atoms with van der Waals surface area (Å²) in [6.07, 6.45) is 0. The standard InChI is InChI=1S/C17H14F2N2O3/c1-9-3-6-14-13(7-9)21-16(23)17(2,24-14)15(22)20-10-4-5-11(18)12(19)8-10/h3-8H,1-2H3,(H,20,22)(H,21,23)/t17-/m0/s1. The quantitative estimate of drug-likeness (QED) is 0.831. The van der Waals surface area contributed by atoms with E-state index in [-0.39, 0.29) is 5.69 Å². The minimum absolute atomic E-state index is 0.0197. The third kappa shape index (κ3) is 2.68. The molecule has 1 atom stereocenters. The van der Waals surface area contributed by atoms with Crippen LogP contribution in [-0.2, 0) is 9.59 Å². The van der Waals surface area contributed by atoms with Gasteiger partial charge in [0.15, 0.2) is 11.6 Å². The highest BCUT2D eigenvalue weighted by Gasteiger charge is 2.47. The molecule has 1 heterocycles. The van der Waals surface area contributed by atoms with Gasteiger partial charge in [-0.15, -0.1) is 0 Å². The van der Waals surface area contributed by atoms with Crippen LogP contribution in [0.2, 0.25) is 0 Å². The van der Waals surface area contributed by atoms with Crippen LogP contribution < -0.4 is 15.4 Å². The molecule has 2 aromatic carbocycles. The summed E-state index contributed by atoms with van der Waals surface area (Å²) in [6.45, 7) is 3.16. The second-order valence-corrected chi connectivity index (χ2v) is 5.67. The second-order valence-electron chi connectivity index (χ2n) is 5.67. The van der Waals surface area contributed by atoms with Gasteiger partial charge in [0, 0.05) is 11.8 Å². The number of benzene rings is 2. The van der Waals surface area contributed by atoms with E-state index in [1.54, 1.807) is 18.2 Å². The summed E-state index contributed by atoms with van der Waals surface area (Å²) in [4.78, 5) is 24.8. The lowest BCUT2D eigenvalue weighted by atomic mass is 10.0. The predicted molar refractivity (Wildman–Crippen MR) is 83.8 cm³/mol. The molecule has 3 rings (SSSR count). The first kappa shape index (κ1) is 15.9. The van der Waals surface area contributed by atoms with Crippen LogP contribution in [0.3, 0.4) is 0 Å². The van der Waals surface area contributed by atoms with E-state index in [1.165, 1.54) is 13.0 Å². The molecule has 5 nitrogen and oxygen atoms in total. The molecule has 2 aromatic rings. The summed E-state index contributed by atoms with van der Waals surface area (Å²) >= 11 is 0. The zero-order valence-corrected chi connectivity index (χ0v) is 12.9. The van der Waals surface area contributed by atoms with E-state index in [2.05, 4.69) is 10.6 Å². The van der Waals surface area contributed by atoms with E-state index in [9.17, 15) is 18.4 Å². The van der Waals surface area contributed by atoms with Crippen LogP contribution in [0.1, 0.15) is 12.5 Å². The van der Waals surface area contributed by atoms with Gasteiger partial charge in [-0.25, -0.2) is 8.78 Å². The van der Waals surface area contributed by atoms with Gasteiger partial charge in [0.25, 0.3) is 17.4 Å². The Morgan fingerprint density at radius 2 is 1.92 bits per heavy atom. The SMILES string of the molecule is Cc1ccc2c(c1)NC(=O)[C@](C)(C(=O)Nc1ccc(F)c(F)c1)O2. The molecule has 0 saturated carbocycles. The molecule has 0 bridgehead atoms. The van der Waals surface area contributed by atoms with Crippen molar-refractivity contribution in [1.29, 1.82) is 0 Å². The number of hydrogen-bond acceptors (Lipinski definition) is 3. The average molecular weight is 332 g/mol. The zero-order valence-electron chi connectivity index (χ0n) is 12.9. The van der Waals surface area contributed by atoms with Crippen LogP contribution in [-0.4, -0.2) is 17.4 Å². The van der Waals surface area contributed by atoms with E-state index >= 15 is 0 Å². The monoisotopic (exact) mass is 332 g/mol. The number of halogens is 2. The van der Waals surface area contributed by atoms with Crippen molar-refractivity contribution in [3.63, 3.8) is 0 Å². The maximum absolute atomic E-state index is 13.2. The summed E-state index contributed by atoms with van der Waals surface area (Å²) in [5, 5.41) is 4.98. The molecule has 2 N–H and O–H groups in total. The summed E-state index contributed by atoms with van der Waals surface area (Å²) in [5.74, 6) is -3.23. The number of amides is 2. The molecular formula is C17H14F2N2O3. The number of carbonyl (C=O) groups excluding carboxylic acids is 2. The Balaban J connectivity index is 1.87. The van der Waals surface area contributed by atoms with Gasteiger partial charge in [-0.05, 0) is 43.7 Å². The molecule has 0 spiro atoms. The van der Waals surface area contributed by atoms with Crippen LogP contribution in [0.15, 0.2) is 36.4 Å². The maximum atomic E-state index is 13.2. The highest BCUT2D eigenvalue weighted by Crippen LogP contribution is 2.34. The third-order valence-electron chi connectivity index (χ3n) is 3.74. The number of carbonyl (C=O) groups is 2. The lowest BCUT2D eigenvalue weighted by molar-refractivity contribution is -0.143. The van der Waals surface area contributed by atoms with Crippen molar-refractivity contribution in [1.82, 2.24) is 0 Å². The Hall–Kier alpha value is -2.96. The summed E-state index contributed by atoms with van der Waals surface area (Å²) in [6, 6.07) is 8.05. The van der Waals surface area contributed by atoms with Crippen molar-refractivity contribution < 1.29 is 23.1 Å². The van der Waals surface area contributed by atoms with E-state index < -0.39 is 29.0 Å². The van der Waals surface area contributed by atoms with Gasteiger partial charge in [0.1, 0.15) is 5.75 Å². The molecule has 0 unspecified atom stereocenters. The molecule has 0 saturated heterocycles. The molecule has 2 amide bonds. The average Bonchev–Trinajstić information content (AvgIpc) is 2.52. The Morgan fingerprint density at radius 3 is 2.62 bits per heavy atom. The van der Waals surface area contributed by atoms with E-state index in [0.29, 0.717) is 11.4 Å². The Labute approximate surface area is 136 Å². The Morgan fingerprint density at radius 1 is 1.17 bits per heavy atom. The first-order valence-electron chi connectivity index (χ1n) is 7.17. The Bertz CT molecular complexity index is 854. The minimum atomic E-state index is -1.84. The molecule has 1 aliphatic rings. The van der Waals surface area contributed by atoms with Crippen molar-refractivity contribution in [2.75, 3.05) is 10.6 Å². The van der Waals surface area contributed by atoms with Crippen LogP contribution in [0.4, 0.5) is 20.2 Å². The second kappa shape index (κ2) is 5.59. The summed E-state index contributed by atoms with van der Waals surface area (Å²) in [7, 11) is 0. The lowest BCUT2D eigenvalue weighted by Gasteiger charge is -2.33. The molecule has 124 valence electrons. The van der Waals surface area contributed by atoms with E-state index in [4.69, 9.17) is 4.74 Å². The van der Waals surface area contributed by atoms with Gasteiger partial charge in [0.05, 0.1) is 5.69 Å². The number of ether oxygens (including phenoxy) is 1. The van der Waals surface area contributed by atoms with E-state index in [1.807, 2.05) is 6.92 Å². The number of hydrogen-bond donors (Lipinski definition) is 2. The molecule has 0 fully saturated rings. The molecule has 0 aromatic heterocycles. The van der Waals surface area contributed by atoms with Gasteiger partial charge in [0.2, 0.25) is 0 Å². The molecule has 1 aliphatic heterocycles. The third-order valence-corrected chi connectivity index (χ3v) is 3.74. The van der Waals surface area contributed by atoms with Gasteiger partial charge in [-0.3, -0.25) is 9.59 Å². The van der Waals surface area contributed by atoms with E-state index in [0.717, 1.165) is 17.7 Å². The highest BCUT2D eigenvalue weighted by atomic mass is 19.2. The number of nitrogens with one attached hydrogen (secondary N) is 2. The Kier molecular flexibility index (Phi) is 3.71. The largest absolute Gasteiger partial charge is 0.466 e. The fourth-order valence-corrected chi connectivity index (χ4v) is 2.31. The van der Waals surface area contributed by atoms with Crippen molar-refractivity contribution in [3.8, 4) is 5.75 Å². The summed E-state index contributed by atoms with van der Waals surface area (Å²) in [5.41, 5.74) is -0.426. The number of rotatable bonds is 2. The van der Waals surface area contributed by atoms with Crippen molar-refractivity contribution in [2.24, 2.45) is 0 Å². The predicted octanol–water partition coefficient (Wildman–Crippen LogP) is 3.00. The van der Waals surface area contributed by atoms with Crippen LogP contribution in [0.5, 0.6) is 5.75 Å². The van der Waals surface area contributed by atoms with Gasteiger partial charge >= 0.3 is 0 Å². The van der Waals surface area contributed by atoms with Crippen molar-refractivity contribution in [3.05, 3.63) is 53.6 Å².